The highest BCUT2D eigenvalue weighted by Gasteiger charge is 2.10. The quantitative estimate of drug-likeness (QED) is 0.761. The van der Waals surface area contributed by atoms with Crippen molar-refractivity contribution in [3.05, 3.63) is 18.6 Å². The van der Waals surface area contributed by atoms with Crippen molar-refractivity contribution in [2.24, 2.45) is 5.73 Å². The van der Waals surface area contributed by atoms with Crippen molar-refractivity contribution in [1.29, 1.82) is 0 Å². The molecule has 78 valence electrons. The zero-order chi connectivity index (χ0) is 10.4. The first-order chi connectivity index (χ1) is 6.75. The van der Waals surface area contributed by atoms with Gasteiger partial charge >= 0.3 is 0 Å². The van der Waals surface area contributed by atoms with E-state index < -0.39 is 0 Å². The Hall–Kier alpha value is -1.16. The first-order valence-corrected chi connectivity index (χ1v) is 4.98. The van der Waals surface area contributed by atoms with E-state index in [0.29, 0.717) is 12.6 Å². The molecule has 4 heteroatoms. The number of aromatic nitrogens is 2. The van der Waals surface area contributed by atoms with E-state index in [1.165, 1.54) is 0 Å². The summed E-state index contributed by atoms with van der Waals surface area (Å²) in [7, 11) is 0. The molecule has 1 aromatic heterocycles. The molecule has 0 aliphatic rings. The Labute approximate surface area is 85.2 Å². The topological polar surface area (TPSA) is 55.0 Å². The van der Waals surface area contributed by atoms with Gasteiger partial charge in [-0.3, -0.25) is 0 Å². The van der Waals surface area contributed by atoms with Gasteiger partial charge in [-0.1, -0.05) is 0 Å². The lowest BCUT2D eigenvalue weighted by atomic mass is 10.3. The van der Waals surface area contributed by atoms with Crippen LogP contribution in [-0.2, 0) is 0 Å². The van der Waals surface area contributed by atoms with Crippen molar-refractivity contribution in [2.45, 2.75) is 26.3 Å². The van der Waals surface area contributed by atoms with Crippen molar-refractivity contribution >= 4 is 5.82 Å². The van der Waals surface area contributed by atoms with Gasteiger partial charge in [0.1, 0.15) is 12.1 Å². The van der Waals surface area contributed by atoms with Gasteiger partial charge in [-0.2, -0.15) is 0 Å². The average molecular weight is 194 g/mol. The van der Waals surface area contributed by atoms with Crippen molar-refractivity contribution in [2.75, 3.05) is 18.0 Å². The van der Waals surface area contributed by atoms with Gasteiger partial charge in [0.25, 0.3) is 0 Å². The van der Waals surface area contributed by atoms with E-state index in [1.54, 1.807) is 12.5 Å². The standard InChI is InChI=1S/C10H18N4/c1-9(2)14(7-3-5-11)10-4-6-12-8-13-10/h4,6,8-9H,3,5,7,11H2,1-2H3. The molecule has 0 fully saturated rings. The molecule has 1 rings (SSSR count). The van der Waals surface area contributed by atoms with Crippen molar-refractivity contribution in [1.82, 2.24) is 9.97 Å². The van der Waals surface area contributed by atoms with E-state index in [4.69, 9.17) is 5.73 Å². The molecule has 0 atom stereocenters. The normalized spacial score (nSPS) is 10.6. The highest BCUT2D eigenvalue weighted by atomic mass is 15.2. The van der Waals surface area contributed by atoms with Gasteiger partial charge in [0.05, 0.1) is 0 Å². The molecule has 0 bridgehead atoms. The van der Waals surface area contributed by atoms with Gasteiger partial charge in [-0.25, -0.2) is 9.97 Å². The van der Waals surface area contributed by atoms with Crippen LogP contribution in [-0.4, -0.2) is 29.1 Å². The van der Waals surface area contributed by atoms with Crippen LogP contribution in [0.3, 0.4) is 0 Å². The zero-order valence-corrected chi connectivity index (χ0v) is 8.85. The van der Waals surface area contributed by atoms with Gasteiger partial charge in [0.2, 0.25) is 0 Å². The first-order valence-electron chi connectivity index (χ1n) is 4.98. The van der Waals surface area contributed by atoms with Gasteiger partial charge < -0.3 is 10.6 Å². The molecule has 0 spiro atoms. The number of anilines is 1. The molecular formula is C10H18N4. The fraction of sp³-hybridized carbons (Fsp3) is 0.600. The van der Waals surface area contributed by atoms with Crippen LogP contribution in [0.2, 0.25) is 0 Å². The third-order valence-electron chi connectivity index (χ3n) is 2.09. The Bertz CT molecular complexity index is 248. The monoisotopic (exact) mass is 194 g/mol. The maximum Gasteiger partial charge on any atom is 0.132 e. The minimum absolute atomic E-state index is 0.441. The Morgan fingerprint density at radius 1 is 1.50 bits per heavy atom. The highest BCUT2D eigenvalue weighted by Crippen LogP contribution is 2.12. The molecule has 2 N–H and O–H groups in total. The van der Waals surface area contributed by atoms with Crippen LogP contribution < -0.4 is 10.6 Å². The molecule has 0 unspecified atom stereocenters. The van der Waals surface area contributed by atoms with E-state index in [0.717, 1.165) is 18.8 Å². The van der Waals surface area contributed by atoms with Gasteiger partial charge in [0, 0.05) is 18.8 Å². The SMILES string of the molecule is CC(C)N(CCCN)c1ccncn1. The largest absolute Gasteiger partial charge is 0.354 e. The fourth-order valence-corrected chi connectivity index (χ4v) is 1.35. The summed E-state index contributed by atoms with van der Waals surface area (Å²) in [6.07, 6.45) is 4.33. The molecule has 0 radical (unpaired) electrons. The van der Waals surface area contributed by atoms with Crippen molar-refractivity contribution in [3.63, 3.8) is 0 Å². The smallest absolute Gasteiger partial charge is 0.132 e. The second kappa shape index (κ2) is 5.54. The van der Waals surface area contributed by atoms with E-state index in [2.05, 4.69) is 28.7 Å². The van der Waals surface area contributed by atoms with Crippen molar-refractivity contribution in [3.8, 4) is 0 Å². The van der Waals surface area contributed by atoms with Crippen LogP contribution in [0.1, 0.15) is 20.3 Å². The van der Waals surface area contributed by atoms with E-state index >= 15 is 0 Å². The third kappa shape index (κ3) is 2.96. The van der Waals surface area contributed by atoms with Gasteiger partial charge in [0.15, 0.2) is 0 Å². The summed E-state index contributed by atoms with van der Waals surface area (Å²) >= 11 is 0. The summed E-state index contributed by atoms with van der Waals surface area (Å²) < 4.78 is 0. The molecule has 0 aliphatic carbocycles. The summed E-state index contributed by atoms with van der Waals surface area (Å²) in [5.41, 5.74) is 5.50. The van der Waals surface area contributed by atoms with Crippen LogP contribution in [0, 0.1) is 0 Å². The molecule has 1 aromatic rings. The lowest BCUT2D eigenvalue weighted by Gasteiger charge is -2.27. The second-order valence-electron chi connectivity index (χ2n) is 3.50. The summed E-state index contributed by atoms with van der Waals surface area (Å²) in [4.78, 5) is 10.4. The van der Waals surface area contributed by atoms with Gasteiger partial charge in [-0.15, -0.1) is 0 Å². The number of rotatable bonds is 5. The summed E-state index contributed by atoms with van der Waals surface area (Å²) in [5.74, 6) is 0.975. The molecule has 0 aromatic carbocycles. The van der Waals surface area contributed by atoms with Crippen molar-refractivity contribution < 1.29 is 0 Å². The number of hydrogen-bond acceptors (Lipinski definition) is 4. The van der Waals surface area contributed by atoms with E-state index in [9.17, 15) is 0 Å². The lowest BCUT2D eigenvalue weighted by Crippen LogP contribution is -2.33. The Balaban J connectivity index is 2.68. The molecule has 14 heavy (non-hydrogen) atoms. The predicted molar refractivity (Wildman–Crippen MR) is 58.2 cm³/mol. The second-order valence-corrected chi connectivity index (χ2v) is 3.50. The van der Waals surface area contributed by atoms with Crippen LogP contribution in [0.15, 0.2) is 18.6 Å². The van der Waals surface area contributed by atoms with Crippen LogP contribution in [0.25, 0.3) is 0 Å². The Morgan fingerprint density at radius 2 is 2.29 bits per heavy atom. The molecule has 1 heterocycles. The number of nitrogens with two attached hydrogens (primary N) is 1. The van der Waals surface area contributed by atoms with E-state index in [1.807, 2.05) is 6.07 Å². The Kier molecular flexibility index (Phi) is 4.32. The summed E-state index contributed by atoms with van der Waals surface area (Å²) in [6, 6.07) is 2.37. The number of hydrogen-bond donors (Lipinski definition) is 1. The third-order valence-corrected chi connectivity index (χ3v) is 2.09. The lowest BCUT2D eigenvalue weighted by molar-refractivity contribution is 0.648. The Morgan fingerprint density at radius 3 is 2.79 bits per heavy atom. The average Bonchev–Trinajstić information content (AvgIpc) is 2.19. The molecule has 0 aliphatic heterocycles. The van der Waals surface area contributed by atoms with Crippen LogP contribution >= 0.6 is 0 Å². The van der Waals surface area contributed by atoms with Crippen LogP contribution in [0.4, 0.5) is 5.82 Å². The molecule has 4 nitrogen and oxygen atoms in total. The minimum atomic E-state index is 0.441. The summed E-state index contributed by atoms with van der Waals surface area (Å²) in [5, 5.41) is 0. The number of nitrogens with zero attached hydrogens (tertiary/aromatic N) is 3. The minimum Gasteiger partial charge on any atom is -0.354 e. The van der Waals surface area contributed by atoms with E-state index in [-0.39, 0.29) is 0 Å². The van der Waals surface area contributed by atoms with Gasteiger partial charge in [-0.05, 0) is 32.9 Å². The summed E-state index contributed by atoms with van der Waals surface area (Å²) in [6.45, 7) is 5.97. The molecule has 0 saturated carbocycles. The van der Waals surface area contributed by atoms with Crippen LogP contribution in [0.5, 0.6) is 0 Å². The predicted octanol–water partition coefficient (Wildman–Crippen LogP) is 1.04. The molecular weight excluding hydrogens is 176 g/mol. The molecule has 0 amide bonds. The maximum absolute atomic E-state index is 5.50. The highest BCUT2D eigenvalue weighted by molar-refractivity contribution is 5.37. The maximum atomic E-state index is 5.50. The first kappa shape index (κ1) is 10.9. The fourth-order valence-electron chi connectivity index (χ4n) is 1.35. The zero-order valence-electron chi connectivity index (χ0n) is 8.85. The molecule has 0 saturated heterocycles.